The molecule has 4 heteroatoms. The average molecular weight is 234 g/mol. The fourth-order valence-corrected chi connectivity index (χ4v) is 2.49. The quantitative estimate of drug-likeness (QED) is 0.807. The summed E-state index contributed by atoms with van der Waals surface area (Å²) in [5.41, 5.74) is 1.55. The Balaban J connectivity index is 1.79. The second-order valence-electron chi connectivity index (χ2n) is 4.75. The molecule has 1 aromatic carbocycles. The highest BCUT2D eigenvalue weighted by Crippen LogP contribution is 2.34. The minimum absolute atomic E-state index is 0.146. The number of piperidine rings is 1. The number of oxime groups is 1. The van der Waals surface area contributed by atoms with Crippen LogP contribution in [0.15, 0.2) is 29.4 Å². The van der Waals surface area contributed by atoms with E-state index in [0.717, 1.165) is 43.6 Å². The highest BCUT2D eigenvalue weighted by molar-refractivity contribution is 6.01. The second-order valence-corrected chi connectivity index (χ2v) is 4.75. The van der Waals surface area contributed by atoms with E-state index >= 15 is 0 Å². The largest absolute Gasteiger partial charge is 0.388 e. The average Bonchev–Trinajstić information content (AvgIpc) is 2.74. The van der Waals surface area contributed by atoms with Gasteiger partial charge in [-0.15, -0.1) is 0 Å². The van der Waals surface area contributed by atoms with Crippen molar-refractivity contribution < 1.29 is 9.23 Å². The van der Waals surface area contributed by atoms with Gasteiger partial charge in [-0.25, -0.2) is 4.39 Å². The standard InChI is InChI=1S/C13H15FN2O/c14-11-3-1-2-10(8-11)12-9-13(17-16-12)4-6-15-7-5-13/h1-3,8,15H,4-7,9H2. The van der Waals surface area contributed by atoms with Crippen LogP contribution in [0.1, 0.15) is 24.8 Å². The van der Waals surface area contributed by atoms with E-state index in [0.29, 0.717) is 0 Å². The predicted molar refractivity (Wildman–Crippen MR) is 63.5 cm³/mol. The molecule has 1 fully saturated rings. The minimum Gasteiger partial charge on any atom is -0.388 e. The van der Waals surface area contributed by atoms with Crippen LogP contribution in [0.25, 0.3) is 0 Å². The summed E-state index contributed by atoms with van der Waals surface area (Å²) < 4.78 is 13.1. The van der Waals surface area contributed by atoms with Gasteiger partial charge < -0.3 is 10.2 Å². The molecule has 2 heterocycles. The van der Waals surface area contributed by atoms with E-state index < -0.39 is 0 Å². The van der Waals surface area contributed by atoms with E-state index in [-0.39, 0.29) is 11.4 Å². The van der Waals surface area contributed by atoms with Crippen molar-refractivity contribution in [3.05, 3.63) is 35.6 Å². The summed E-state index contributed by atoms with van der Waals surface area (Å²) in [6.45, 7) is 1.93. The van der Waals surface area contributed by atoms with Crippen LogP contribution in [0.3, 0.4) is 0 Å². The number of nitrogens with one attached hydrogen (secondary N) is 1. The van der Waals surface area contributed by atoms with Gasteiger partial charge in [0.2, 0.25) is 0 Å². The van der Waals surface area contributed by atoms with Crippen molar-refractivity contribution >= 4 is 5.71 Å². The topological polar surface area (TPSA) is 33.6 Å². The van der Waals surface area contributed by atoms with Crippen molar-refractivity contribution in [3.63, 3.8) is 0 Å². The second kappa shape index (κ2) is 4.11. The number of halogens is 1. The molecule has 1 spiro atoms. The van der Waals surface area contributed by atoms with Crippen molar-refractivity contribution in [3.8, 4) is 0 Å². The fraction of sp³-hybridized carbons (Fsp3) is 0.462. The first-order valence-corrected chi connectivity index (χ1v) is 5.99. The van der Waals surface area contributed by atoms with Crippen LogP contribution in [0.2, 0.25) is 0 Å². The van der Waals surface area contributed by atoms with Crippen molar-refractivity contribution in [1.82, 2.24) is 5.32 Å². The van der Waals surface area contributed by atoms with E-state index in [2.05, 4.69) is 10.5 Å². The smallest absolute Gasteiger partial charge is 0.145 e. The molecule has 17 heavy (non-hydrogen) atoms. The molecule has 2 aliphatic rings. The predicted octanol–water partition coefficient (Wildman–Crippen LogP) is 2.07. The number of rotatable bonds is 1. The molecule has 0 unspecified atom stereocenters. The van der Waals surface area contributed by atoms with Crippen LogP contribution in [-0.4, -0.2) is 24.4 Å². The molecule has 1 aromatic rings. The molecule has 0 bridgehead atoms. The third kappa shape index (κ3) is 2.05. The van der Waals surface area contributed by atoms with Gasteiger partial charge in [-0.2, -0.15) is 0 Å². The van der Waals surface area contributed by atoms with Gasteiger partial charge in [0, 0.05) is 24.8 Å². The third-order valence-electron chi connectivity index (χ3n) is 3.51. The third-order valence-corrected chi connectivity index (χ3v) is 3.51. The zero-order valence-corrected chi connectivity index (χ0v) is 9.58. The molecule has 3 nitrogen and oxygen atoms in total. The Hall–Kier alpha value is -1.42. The zero-order valence-electron chi connectivity index (χ0n) is 9.58. The molecule has 2 aliphatic heterocycles. The lowest BCUT2D eigenvalue weighted by molar-refractivity contribution is -0.0400. The fourth-order valence-electron chi connectivity index (χ4n) is 2.49. The molecular formula is C13H15FN2O. The van der Waals surface area contributed by atoms with E-state index in [1.807, 2.05) is 6.07 Å². The SMILES string of the molecule is Fc1cccc(C2=NOC3(CCNCC3)C2)c1. The number of benzene rings is 1. The van der Waals surface area contributed by atoms with Gasteiger partial charge in [0.1, 0.15) is 11.4 Å². The Morgan fingerprint density at radius 3 is 2.88 bits per heavy atom. The summed E-state index contributed by atoms with van der Waals surface area (Å²) in [7, 11) is 0. The minimum atomic E-state index is -0.225. The summed E-state index contributed by atoms with van der Waals surface area (Å²) in [4.78, 5) is 5.61. The monoisotopic (exact) mass is 234 g/mol. The Bertz CT molecular complexity index is 452. The van der Waals surface area contributed by atoms with Gasteiger partial charge in [-0.1, -0.05) is 17.3 Å². The van der Waals surface area contributed by atoms with Crippen LogP contribution in [0.4, 0.5) is 4.39 Å². The summed E-state index contributed by atoms with van der Waals surface area (Å²) in [6, 6.07) is 6.55. The lowest BCUT2D eigenvalue weighted by Gasteiger charge is -2.30. The summed E-state index contributed by atoms with van der Waals surface area (Å²) >= 11 is 0. The molecule has 0 aliphatic carbocycles. The van der Waals surface area contributed by atoms with Crippen LogP contribution in [0, 0.1) is 5.82 Å². The number of hydrogen-bond donors (Lipinski definition) is 1. The highest BCUT2D eigenvalue weighted by Gasteiger charge is 2.40. The highest BCUT2D eigenvalue weighted by atomic mass is 19.1. The first kappa shape index (κ1) is 10.7. The van der Waals surface area contributed by atoms with Gasteiger partial charge in [-0.3, -0.25) is 0 Å². The van der Waals surface area contributed by atoms with E-state index in [9.17, 15) is 4.39 Å². The van der Waals surface area contributed by atoms with E-state index in [4.69, 9.17) is 4.84 Å². The van der Waals surface area contributed by atoms with Crippen LogP contribution < -0.4 is 5.32 Å². The van der Waals surface area contributed by atoms with Gasteiger partial charge >= 0.3 is 0 Å². The maximum atomic E-state index is 13.1. The molecule has 0 aromatic heterocycles. The number of hydrogen-bond acceptors (Lipinski definition) is 3. The molecule has 0 atom stereocenters. The van der Waals surface area contributed by atoms with Crippen molar-refractivity contribution in [2.75, 3.05) is 13.1 Å². The molecule has 0 saturated carbocycles. The lowest BCUT2D eigenvalue weighted by Crippen LogP contribution is -2.42. The molecule has 3 rings (SSSR count). The summed E-state index contributed by atoms with van der Waals surface area (Å²) in [5.74, 6) is -0.225. The lowest BCUT2D eigenvalue weighted by atomic mass is 9.86. The van der Waals surface area contributed by atoms with Crippen LogP contribution in [0.5, 0.6) is 0 Å². The maximum Gasteiger partial charge on any atom is 0.145 e. The Morgan fingerprint density at radius 2 is 2.12 bits per heavy atom. The summed E-state index contributed by atoms with van der Waals surface area (Å²) in [5, 5.41) is 7.45. The Morgan fingerprint density at radius 1 is 1.29 bits per heavy atom. The molecule has 0 amide bonds. The van der Waals surface area contributed by atoms with Gasteiger partial charge in [0.15, 0.2) is 0 Å². The van der Waals surface area contributed by atoms with Gasteiger partial charge in [0.05, 0.1) is 5.71 Å². The Kier molecular flexibility index (Phi) is 2.59. The van der Waals surface area contributed by atoms with Gasteiger partial charge in [0.25, 0.3) is 0 Å². The molecule has 90 valence electrons. The van der Waals surface area contributed by atoms with Crippen molar-refractivity contribution in [1.29, 1.82) is 0 Å². The van der Waals surface area contributed by atoms with Crippen molar-refractivity contribution in [2.45, 2.75) is 24.9 Å². The van der Waals surface area contributed by atoms with Crippen LogP contribution >= 0.6 is 0 Å². The van der Waals surface area contributed by atoms with Gasteiger partial charge in [-0.05, 0) is 25.2 Å². The van der Waals surface area contributed by atoms with E-state index in [1.165, 1.54) is 12.1 Å². The normalized spacial score (nSPS) is 22.3. The Labute approximate surface area is 99.7 Å². The first-order chi connectivity index (χ1) is 8.27. The van der Waals surface area contributed by atoms with Crippen molar-refractivity contribution in [2.24, 2.45) is 5.16 Å². The van der Waals surface area contributed by atoms with E-state index in [1.54, 1.807) is 6.07 Å². The van der Waals surface area contributed by atoms with Crippen LogP contribution in [-0.2, 0) is 4.84 Å². The molecule has 1 saturated heterocycles. The molecule has 1 N–H and O–H groups in total. The maximum absolute atomic E-state index is 13.1. The molecular weight excluding hydrogens is 219 g/mol. The number of nitrogens with zero attached hydrogens (tertiary/aromatic N) is 1. The first-order valence-electron chi connectivity index (χ1n) is 5.99. The summed E-state index contributed by atoms with van der Waals surface area (Å²) in [6.07, 6.45) is 2.72. The molecule has 0 radical (unpaired) electrons. The zero-order chi connectivity index (χ0) is 11.7.